The molecule has 4 rings (SSSR count). The molecule has 0 atom stereocenters. The molecule has 39 heavy (non-hydrogen) atoms. The molecule has 0 radical (unpaired) electrons. The third-order valence-corrected chi connectivity index (χ3v) is 6.04. The summed E-state index contributed by atoms with van der Waals surface area (Å²) in [6.07, 6.45) is 3.00. The Morgan fingerprint density at radius 3 is 2.26 bits per heavy atom. The number of carbonyl (C=O) groups excluding carboxylic acids is 3. The lowest BCUT2D eigenvalue weighted by Crippen LogP contribution is -2.32. The first kappa shape index (κ1) is 27.0. The molecule has 0 bridgehead atoms. The Kier molecular flexibility index (Phi) is 9.36. The maximum absolute atomic E-state index is 12.9. The molecule has 196 valence electrons. The smallest absolute Gasteiger partial charge is 0.343 e. The van der Waals surface area contributed by atoms with Gasteiger partial charge < -0.3 is 14.8 Å². The lowest BCUT2D eigenvalue weighted by atomic mass is 10.2. The predicted molar refractivity (Wildman–Crippen MR) is 151 cm³/mol. The molecule has 0 aliphatic carbocycles. The number of hydrazone groups is 1. The van der Waals surface area contributed by atoms with E-state index in [1.54, 1.807) is 78.9 Å². The summed E-state index contributed by atoms with van der Waals surface area (Å²) in [5.74, 6) is -0.906. The van der Waals surface area contributed by atoms with Crippen LogP contribution in [0, 0.1) is 0 Å². The van der Waals surface area contributed by atoms with Crippen LogP contribution in [0.3, 0.4) is 0 Å². The summed E-state index contributed by atoms with van der Waals surface area (Å²) in [5.41, 5.74) is 3.92. The van der Waals surface area contributed by atoms with Gasteiger partial charge in [-0.1, -0.05) is 42.5 Å². The molecule has 0 spiro atoms. The van der Waals surface area contributed by atoms with Crippen molar-refractivity contribution < 1.29 is 23.9 Å². The van der Waals surface area contributed by atoms with E-state index in [-0.39, 0.29) is 11.4 Å². The van der Waals surface area contributed by atoms with E-state index in [9.17, 15) is 14.4 Å². The molecule has 3 aromatic carbocycles. The topological polar surface area (TPSA) is 106 Å². The van der Waals surface area contributed by atoms with Crippen LogP contribution in [0.2, 0.25) is 0 Å². The molecule has 0 unspecified atom stereocenters. The molecular formula is C30H25N3O5S. The molecule has 2 amide bonds. The number of rotatable bonds is 10. The summed E-state index contributed by atoms with van der Waals surface area (Å²) in [5, 5.41) is 8.56. The second-order valence-electron chi connectivity index (χ2n) is 7.99. The number of hydrogen-bond donors (Lipinski definition) is 2. The van der Waals surface area contributed by atoms with E-state index < -0.39 is 17.8 Å². The summed E-state index contributed by atoms with van der Waals surface area (Å²) in [7, 11) is 0. The highest BCUT2D eigenvalue weighted by molar-refractivity contribution is 7.10. The SMILES string of the molecule is CCOc1cc(/C=N/NC(=O)/C(=C\c2cccs2)NC(=O)c2ccccc2)ccc1OC(=O)c1ccccc1. The third-order valence-electron chi connectivity index (χ3n) is 5.22. The lowest BCUT2D eigenvalue weighted by molar-refractivity contribution is -0.117. The van der Waals surface area contributed by atoms with Crippen LogP contribution in [0.25, 0.3) is 6.08 Å². The summed E-state index contributed by atoms with van der Waals surface area (Å²) < 4.78 is 11.2. The van der Waals surface area contributed by atoms with E-state index in [2.05, 4.69) is 15.8 Å². The monoisotopic (exact) mass is 539 g/mol. The number of nitrogens with one attached hydrogen (secondary N) is 2. The van der Waals surface area contributed by atoms with Crippen LogP contribution < -0.4 is 20.2 Å². The Morgan fingerprint density at radius 1 is 0.872 bits per heavy atom. The molecule has 0 aliphatic rings. The van der Waals surface area contributed by atoms with Crippen LogP contribution in [0.15, 0.2) is 107 Å². The normalized spacial score (nSPS) is 11.2. The Labute approximate surface area is 229 Å². The van der Waals surface area contributed by atoms with Gasteiger partial charge in [-0.3, -0.25) is 9.59 Å². The molecule has 9 heteroatoms. The van der Waals surface area contributed by atoms with E-state index in [0.717, 1.165) is 4.88 Å². The van der Waals surface area contributed by atoms with Crippen LogP contribution in [-0.4, -0.2) is 30.6 Å². The molecule has 1 heterocycles. The molecule has 0 aliphatic heterocycles. The highest BCUT2D eigenvalue weighted by Crippen LogP contribution is 2.29. The highest BCUT2D eigenvalue weighted by atomic mass is 32.1. The Hall–Kier alpha value is -5.02. The third kappa shape index (κ3) is 7.73. The second-order valence-corrected chi connectivity index (χ2v) is 8.97. The number of nitrogens with zero attached hydrogens (tertiary/aromatic N) is 1. The Bertz CT molecular complexity index is 1480. The van der Waals surface area contributed by atoms with Crippen LogP contribution in [0.1, 0.15) is 38.1 Å². The first-order chi connectivity index (χ1) is 19.0. The van der Waals surface area contributed by atoms with Crippen LogP contribution in [0.4, 0.5) is 0 Å². The average molecular weight is 540 g/mol. The summed E-state index contributed by atoms with van der Waals surface area (Å²) in [6.45, 7) is 2.17. The quantitative estimate of drug-likeness (QED) is 0.0937. The zero-order valence-corrected chi connectivity index (χ0v) is 21.8. The van der Waals surface area contributed by atoms with Gasteiger partial charge in [-0.25, -0.2) is 10.2 Å². The summed E-state index contributed by atoms with van der Waals surface area (Å²) in [6, 6.07) is 25.8. The molecule has 8 nitrogen and oxygen atoms in total. The van der Waals surface area contributed by atoms with Gasteiger partial charge in [0.15, 0.2) is 11.5 Å². The molecule has 0 saturated carbocycles. The second kappa shape index (κ2) is 13.5. The van der Waals surface area contributed by atoms with E-state index in [1.165, 1.54) is 17.6 Å². The zero-order valence-electron chi connectivity index (χ0n) is 21.0. The zero-order chi connectivity index (χ0) is 27.5. The van der Waals surface area contributed by atoms with Crippen LogP contribution >= 0.6 is 11.3 Å². The summed E-state index contributed by atoms with van der Waals surface area (Å²) >= 11 is 1.43. The van der Waals surface area contributed by atoms with Crippen molar-refractivity contribution in [2.45, 2.75) is 6.92 Å². The van der Waals surface area contributed by atoms with Gasteiger partial charge >= 0.3 is 5.97 Å². The van der Waals surface area contributed by atoms with Crippen molar-refractivity contribution >= 4 is 41.4 Å². The van der Waals surface area contributed by atoms with Crippen molar-refractivity contribution in [3.05, 3.63) is 124 Å². The van der Waals surface area contributed by atoms with E-state index in [0.29, 0.717) is 29.0 Å². The molecule has 2 N–H and O–H groups in total. The van der Waals surface area contributed by atoms with Crippen molar-refractivity contribution in [1.82, 2.24) is 10.7 Å². The number of amides is 2. The average Bonchev–Trinajstić information content (AvgIpc) is 3.48. The molecule has 0 fully saturated rings. The van der Waals surface area contributed by atoms with Gasteiger partial charge in [0.25, 0.3) is 11.8 Å². The van der Waals surface area contributed by atoms with Gasteiger partial charge in [-0.2, -0.15) is 5.10 Å². The number of thiophene rings is 1. The first-order valence-electron chi connectivity index (χ1n) is 12.0. The summed E-state index contributed by atoms with van der Waals surface area (Å²) in [4.78, 5) is 38.8. The molecular weight excluding hydrogens is 514 g/mol. The van der Waals surface area contributed by atoms with E-state index in [4.69, 9.17) is 9.47 Å². The molecule has 0 saturated heterocycles. The standard InChI is InChI=1S/C30H25N3O5S/c1-2-37-27-18-21(15-16-26(27)38-30(36)23-12-7-4-8-13-23)20-31-33-29(35)25(19-24-14-9-17-39-24)32-28(34)22-10-5-3-6-11-22/h3-20H,2H2,1H3,(H,32,34)(H,33,35)/b25-19+,31-20+. The number of benzene rings is 3. The van der Waals surface area contributed by atoms with Gasteiger partial charge in [-0.15, -0.1) is 11.3 Å². The van der Waals surface area contributed by atoms with Crippen LogP contribution in [-0.2, 0) is 4.79 Å². The molecule has 4 aromatic rings. The number of hydrogen-bond acceptors (Lipinski definition) is 7. The number of ether oxygens (including phenoxy) is 2. The fourth-order valence-electron chi connectivity index (χ4n) is 3.37. The largest absolute Gasteiger partial charge is 0.490 e. The van der Waals surface area contributed by atoms with Crippen LogP contribution in [0.5, 0.6) is 11.5 Å². The fraction of sp³-hybridized carbons (Fsp3) is 0.0667. The molecule has 1 aromatic heterocycles. The first-order valence-corrected chi connectivity index (χ1v) is 12.9. The van der Waals surface area contributed by atoms with Gasteiger partial charge in [-0.05, 0) is 72.5 Å². The minimum atomic E-state index is -0.595. The minimum Gasteiger partial charge on any atom is -0.490 e. The lowest BCUT2D eigenvalue weighted by Gasteiger charge is -2.11. The Balaban J connectivity index is 1.46. The van der Waals surface area contributed by atoms with Crippen molar-refractivity contribution in [2.24, 2.45) is 5.10 Å². The van der Waals surface area contributed by atoms with Crippen molar-refractivity contribution in [1.29, 1.82) is 0 Å². The minimum absolute atomic E-state index is 0.0432. The van der Waals surface area contributed by atoms with Gasteiger partial charge in [0, 0.05) is 10.4 Å². The van der Waals surface area contributed by atoms with Gasteiger partial charge in [0.05, 0.1) is 18.4 Å². The number of esters is 1. The maximum atomic E-state index is 12.9. The van der Waals surface area contributed by atoms with Gasteiger partial charge in [0.1, 0.15) is 5.70 Å². The van der Waals surface area contributed by atoms with Gasteiger partial charge in [0.2, 0.25) is 0 Å². The maximum Gasteiger partial charge on any atom is 0.343 e. The Morgan fingerprint density at radius 2 is 1.59 bits per heavy atom. The number of carbonyl (C=O) groups is 3. The van der Waals surface area contributed by atoms with E-state index in [1.807, 2.05) is 30.5 Å². The van der Waals surface area contributed by atoms with Crippen molar-refractivity contribution in [3.8, 4) is 11.5 Å². The van der Waals surface area contributed by atoms with Crippen molar-refractivity contribution in [2.75, 3.05) is 6.61 Å². The fourth-order valence-corrected chi connectivity index (χ4v) is 4.03. The van der Waals surface area contributed by atoms with Crippen molar-refractivity contribution in [3.63, 3.8) is 0 Å². The highest BCUT2D eigenvalue weighted by Gasteiger charge is 2.15. The predicted octanol–water partition coefficient (Wildman–Crippen LogP) is 5.29. The van der Waals surface area contributed by atoms with E-state index >= 15 is 0 Å².